The molecule has 0 unspecified atom stereocenters. The van der Waals surface area contributed by atoms with Crippen LogP contribution in [-0.2, 0) is 0 Å². The lowest BCUT2D eigenvalue weighted by Crippen LogP contribution is -2.22. The van der Waals surface area contributed by atoms with Crippen LogP contribution in [0.3, 0.4) is 0 Å². The van der Waals surface area contributed by atoms with Crippen LogP contribution < -0.4 is 10.6 Å². The van der Waals surface area contributed by atoms with Crippen molar-refractivity contribution in [2.75, 3.05) is 7.05 Å². The van der Waals surface area contributed by atoms with Crippen molar-refractivity contribution in [2.24, 2.45) is 0 Å². The first-order valence-electron chi connectivity index (χ1n) is 2.68. The van der Waals surface area contributed by atoms with E-state index < -0.39 is 0 Å². The fraction of sp³-hybridized carbons (Fsp3) is 0.167. The topological polar surface area (TPSA) is 24.1 Å². The normalized spacial score (nSPS) is 18.7. The van der Waals surface area contributed by atoms with Gasteiger partial charge in [-0.1, -0.05) is 0 Å². The first-order chi connectivity index (χ1) is 4.34. The van der Waals surface area contributed by atoms with Gasteiger partial charge in [0.1, 0.15) is 0 Å². The van der Waals surface area contributed by atoms with Crippen LogP contribution in [-0.4, -0.2) is 7.05 Å². The molecule has 2 N–H and O–H groups in total. The van der Waals surface area contributed by atoms with Crippen LogP contribution in [0.5, 0.6) is 0 Å². The van der Waals surface area contributed by atoms with Crippen LogP contribution in [0, 0.1) is 6.30 Å². The second-order valence-electron chi connectivity index (χ2n) is 1.65. The van der Waals surface area contributed by atoms with E-state index in [1.165, 1.54) is 6.20 Å². The Bertz CT molecular complexity index is 151. The number of dihydropyridines is 1. The lowest BCUT2D eigenvalue weighted by Gasteiger charge is -2.12. The van der Waals surface area contributed by atoms with Gasteiger partial charge in [0, 0.05) is 7.05 Å². The number of hydrogen-bond acceptors (Lipinski definition) is 2. The second kappa shape index (κ2) is 2.53. The average Bonchev–Trinajstić information content (AvgIpc) is 1.89. The summed E-state index contributed by atoms with van der Waals surface area (Å²) in [6, 6.07) is 0. The van der Waals surface area contributed by atoms with Gasteiger partial charge in [-0.2, -0.15) is 0 Å². The number of likely N-dealkylation sites (N-methyl/N-ethyl adjacent to an activating group) is 1. The van der Waals surface area contributed by atoms with Crippen LogP contribution in [0.4, 0.5) is 4.39 Å². The van der Waals surface area contributed by atoms with Gasteiger partial charge in [-0.25, -0.2) is 4.39 Å². The molecule has 0 bridgehead atoms. The van der Waals surface area contributed by atoms with E-state index in [1.54, 1.807) is 19.2 Å². The van der Waals surface area contributed by atoms with Crippen molar-refractivity contribution in [1.29, 1.82) is 0 Å². The highest BCUT2D eigenvalue weighted by Crippen LogP contribution is 2.10. The van der Waals surface area contributed by atoms with Gasteiger partial charge in [-0.3, -0.25) is 0 Å². The van der Waals surface area contributed by atoms with Gasteiger partial charge in [0.25, 0.3) is 6.30 Å². The molecule has 0 aliphatic carbocycles. The minimum Gasteiger partial charge on any atom is -0.387 e. The highest BCUT2D eigenvalue weighted by Gasteiger charge is 2.12. The summed E-state index contributed by atoms with van der Waals surface area (Å²) in [6.07, 6.45) is 4.59. The molecule has 0 aromatic heterocycles. The molecular formula is C6H8FN2. The van der Waals surface area contributed by atoms with Crippen molar-refractivity contribution in [1.82, 2.24) is 10.6 Å². The molecule has 0 amide bonds. The van der Waals surface area contributed by atoms with Crippen molar-refractivity contribution in [3.63, 3.8) is 0 Å². The van der Waals surface area contributed by atoms with Crippen LogP contribution in [0.25, 0.3) is 0 Å². The minimum absolute atomic E-state index is 0.333. The molecule has 0 aromatic carbocycles. The molecule has 9 heavy (non-hydrogen) atoms. The molecule has 0 spiro atoms. The van der Waals surface area contributed by atoms with E-state index in [2.05, 4.69) is 10.6 Å². The fourth-order valence-corrected chi connectivity index (χ4v) is 0.610. The molecule has 1 rings (SSSR count). The van der Waals surface area contributed by atoms with Crippen LogP contribution >= 0.6 is 0 Å². The molecule has 3 heteroatoms. The first kappa shape index (κ1) is 6.13. The Hall–Kier alpha value is -0.990. The lowest BCUT2D eigenvalue weighted by atomic mass is 10.3. The molecule has 2 nitrogen and oxygen atoms in total. The fourth-order valence-electron chi connectivity index (χ4n) is 0.610. The maximum atomic E-state index is 12.5. The van der Waals surface area contributed by atoms with E-state index in [-0.39, 0.29) is 6.30 Å². The predicted molar refractivity (Wildman–Crippen MR) is 33.8 cm³/mol. The third-order valence-electron chi connectivity index (χ3n) is 1.07. The molecule has 0 aromatic rings. The molecule has 1 heterocycles. The lowest BCUT2D eigenvalue weighted by molar-refractivity contribution is 0.464. The van der Waals surface area contributed by atoms with Crippen molar-refractivity contribution >= 4 is 0 Å². The van der Waals surface area contributed by atoms with Crippen molar-refractivity contribution in [3.8, 4) is 0 Å². The van der Waals surface area contributed by atoms with E-state index in [9.17, 15) is 4.39 Å². The Morgan fingerprint density at radius 1 is 1.67 bits per heavy atom. The van der Waals surface area contributed by atoms with E-state index >= 15 is 0 Å². The monoisotopic (exact) mass is 127 g/mol. The Balaban J connectivity index is 2.63. The summed E-state index contributed by atoms with van der Waals surface area (Å²) in [5.74, 6) is 0. The number of allylic oxidation sites excluding steroid dienone is 2. The summed E-state index contributed by atoms with van der Waals surface area (Å²) >= 11 is 0. The van der Waals surface area contributed by atoms with Crippen molar-refractivity contribution in [2.45, 2.75) is 0 Å². The zero-order valence-corrected chi connectivity index (χ0v) is 5.11. The number of hydrogen-bond donors (Lipinski definition) is 2. The van der Waals surface area contributed by atoms with E-state index in [0.29, 0.717) is 5.70 Å². The average molecular weight is 127 g/mol. The first-order valence-corrected chi connectivity index (χ1v) is 2.68. The van der Waals surface area contributed by atoms with Crippen LogP contribution in [0.1, 0.15) is 0 Å². The zero-order chi connectivity index (χ0) is 6.69. The van der Waals surface area contributed by atoms with Crippen molar-refractivity contribution < 1.29 is 4.39 Å². The SMILES string of the molecule is CNC1=CC=CN[C]1F. The van der Waals surface area contributed by atoms with Crippen molar-refractivity contribution in [3.05, 3.63) is 30.3 Å². The van der Waals surface area contributed by atoms with Crippen LogP contribution in [0.2, 0.25) is 0 Å². The summed E-state index contributed by atoms with van der Waals surface area (Å²) in [4.78, 5) is 0. The number of nitrogens with one attached hydrogen (secondary N) is 2. The summed E-state index contributed by atoms with van der Waals surface area (Å²) in [6.45, 7) is 0. The second-order valence-corrected chi connectivity index (χ2v) is 1.65. The van der Waals surface area contributed by atoms with Crippen LogP contribution in [0.15, 0.2) is 24.0 Å². The molecule has 1 aliphatic heterocycles. The highest BCUT2D eigenvalue weighted by atomic mass is 19.1. The van der Waals surface area contributed by atoms with E-state index in [4.69, 9.17) is 0 Å². The number of halogens is 1. The van der Waals surface area contributed by atoms with Gasteiger partial charge in [0.05, 0.1) is 5.70 Å². The summed E-state index contributed by atoms with van der Waals surface area (Å²) in [7, 11) is 1.67. The summed E-state index contributed by atoms with van der Waals surface area (Å²) < 4.78 is 12.5. The standard InChI is InChI=1S/C6H8FN2/c1-8-5-3-2-4-9-6(5)7/h2-4,8-9H,1H3. The number of rotatable bonds is 1. The summed E-state index contributed by atoms with van der Waals surface area (Å²) in [5.41, 5.74) is 0.484. The molecule has 0 atom stereocenters. The van der Waals surface area contributed by atoms with Gasteiger partial charge in [0.2, 0.25) is 0 Å². The van der Waals surface area contributed by atoms with Gasteiger partial charge >= 0.3 is 0 Å². The Labute approximate surface area is 53.4 Å². The summed E-state index contributed by atoms with van der Waals surface area (Å²) in [5, 5.41) is 5.11. The molecule has 49 valence electrons. The Morgan fingerprint density at radius 3 is 2.89 bits per heavy atom. The maximum Gasteiger partial charge on any atom is 0.279 e. The third kappa shape index (κ3) is 1.22. The predicted octanol–water partition coefficient (Wildman–Crippen LogP) is 0.666. The van der Waals surface area contributed by atoms with Gasteiger partial charge in [-0.05, 0) is 18.4 Å². The van der Waals surface area contributed by atoms with Gasteiger partial charge in [-0.15, -0.1) is 0 Å². The Kier molecular flexibility index (Phi) is 1.72. The zero-order valence-electron chi connectivity index (χ0n) is 5.11. The quantitative estimate of drug-likeness (QED) is 0.506. The van der Waals surface area contributed by atoms with Gasteiger partial charge in [0.15, 0.2) is 0 Å². The Morgan fingerprint density at radius 2 is 2.44 bits per heavy atom. The smallest absolute Gasteiger partial charge is 0.279 e. The minimum atomic E-state index is -0.333. The molecule has 1 aliphatic rings. The van der Waals surface area contributed by atoms with E-state index in [1.807, 2.05) is 0 Å². The largest absolute Gasteiger partial charge is 0.387 e. The van der Waals surface area contributed by atoms with Gasteiger partial charge < -0.3 is 10.6 Å². The molecule has 0 saturated carbocycles. The maximum absolute atomic E-state index is 12.5. The molecular weight excluding hydrogens is 119 g/mol. The molecule has 0 fully saturated rings. The molecule has 0 saturated heterocycles. The third-order valence-corrected chi connectivity index (χ3v) is 1.07. The molecule has 1 radical (unpaired) electrons. The van der Waals surface area contributed by atoms with E-state index in [0.717, 1.165) is 0 Å². The highest BCUT2D eigenvalue weighted by molar-refractivity contribution is 5.26.